The van der Waals surface area contributed by atoms with Crippen LogP contribution in [0.2, 0.25) is 5.02 Å². The summed E-state index contributed by atoms with van der Waals surface area (Å²) in [4.78, 5) is 11.6. The Morgan fingerprint density at radius 1 is 1.42 bits per heavy atom. The SMILES string of the molecule is Nc1ccc(S(=O)(=O)CCC(=O)NC2CC2)cc1Cl. The molecule has 0 heterocycles. The van der Waals surface area contributed by atoms with E-state index >= 15 is 0 Å². The highest BCUT2D eigenvalue weighted by Crippen LogP contribution is 2.23. The Balaban J connectivity index is 2.00. The Kier molecular flexibility index (Phi) is 4.01. The molecule has 0 radical (unpaired) electrons. The summed E-state index contributed by atoms with van der Waals surface area (Å²) in [6, 6.07) is 4.39. The molecule has 104 valence electrons. The van der Waals surface area contributed by atoms with E-state index in [2.05, 4.69) is 5.32 Å². The van der Waals surface area contributed by atoms with Gasteiger partial charge < -0.3 is 11.1 Å². The molecule has 0 bridgehead atoms. The summed E-state index contributed by atoms with van der Waals surface area (Å²) in [5.74, 6) is -0.459. The van der Waals surface area contributed by atoms with Crippen LogP contribution in [0.4, 0.5) is 5.69 Å². The standard InChI is InChI=1S/C12H15ClN2O3S/c13-10-7-9(3-4-11(10)14)19(17,18)6-5-12(16)15-8-1-2-8/h3-4,7-8H,1-2,5-6,14H2,(H,15,16). The zero-order valence-corrected chi connectivity index (χ0v) is 11.8. The molecule has 0 aromatic heterocycles. The second-order valence-electron chi connectivity index (χ2n) is 4.59. The molecule has 5 nitrogen and oxygen atoms in total. The lowest BCUT2D eigenvalue weighted by Crippen LogP contribution is -2.27. The van der Waals surface area contributed by atoms with E-state index in [4.69, 9.17) is 17.3 Å². The van der Waals surface area contributed by atoms with Crippen LogP contribution in [0.1, 0.15) is 19.3 Å². The molecule has 1 aliphatic carbocycles. The van der Waals surface area contributed by atoms with E-state index in [1.807, 2.05) is 0 Å². The first-order valence-electron chi connectivity index (χ1n) is 5.95. The second-order valence-corrected chi connectivity index (χ2v) is 7.11. The van der Waals surface area contributed by atoms with Crippen molar-refractivity contribution < 1.29 is 13.2 Å². The third kappa shape index (κ3) is 3.84. The van der Waals surface area contributed by atoms with Gasteiger partial charge in [0.2, 0.25) is 5.91 Å². The largest absolute Gasteiger partial charge is 0.398 e. The van der Waals surface area contributed by atoms with Gasteiger partial charge in [0.15, 0.2) is 9.84 Å². The molecule has 3 N–H and O–H groups in total. The molecule has 1 aromatic rings. The van der Waals surface area contributed by atoms with Crippen molar-refractivity contribution in [2.45, 2.75) is 30.2 Å². The highest BCUT2D eigenvalue weighted by atomic mass is 35.5. The van der Waals surface area contributed by atoms with Crippen molar-refractivity contribution in [3.8, 4) is 0 Å². The number of amides is 1. The average molecular weight is 303 g/mol. The van der Waals surface area contributed by atoms with E-state index in [9.17, 15) is 13.2 Å². The fraction of sp³-hybridized carbons (Fsp3) is 0.417. The molecule has 0 spiro atoms. The van der Waals surface area contributed by atoms with Gasteiger partial charge in [0.1, 0.15) is 0 Å². The van der Waals surface area contributed by atoms with Crippen LogP contribution in [0.3, 0.4) is 0 Å². The van der Waals surface area contributed by atoms with Crippen molar-refractivity contribution >= 4 is 33.0 Å². The molecule has 1 aromatic carbocycles. The van der Waals surface area contributed by atoms with Gasteiger partial charge in [-0.1, -0.05) is 11.6 Å². The van der Waals surface area contributed by atoms with Crippen LogP contribution in [-0.4, -0.2) is 26.1 Å². The quantitative estimate of drug-likeness (QED) is 0.804. The Labute approximate surface area is 117 Å². The normalized spacial score (nSPS) is 15.2. The first-order valence-corrected chi connectivity index (χ1v) is 7.98. The summed E-state index contributed by atoms with van der Waals surface area (Å²) in [5, 5.41) is 2.95. The lowest BCUT2D eigenvalue weighted by Gasteiger charge is -2.06. The molecule has 0 saturated heterocycles. The molecule has 1 saturated carbocycles. The second kappa shape index (κ2) is 5.38. The number of benzene rings is 1. The summed E-state index contributed by atoms with van der Waals surface area (Å²) in [7, 11) is -3.51. The zero-order chi connectivity index (χ0) is 14.0. The van der Waals surface area contributed by atoms with E-state index in [-0.39, 0.29) is 34.0 Å². The van der Waals surface area contributed by atoms with Crippen LogP contribution in [0, 0.1) is 0 Å². The highest BCUT2D eigenvalue weighted by Gasteiger charge is 2.24. The number of hydrogen-bond acceptors (Lipinski definition) is 4. The number of nitrogens with one attached hydrogen (secondary N) is 1. The van der Waals surface area contributed by atoms with Crippen LogP contribution < -0.4 is 11.1 Å². The minimum absolute atomic E-state index is 0.0408. The van der Waals surface area contributed by atoms with Crippen LogP contribution in [0.15, 0.2) is 23.1 Å². The predicted octanol–water partition coefficient (Wildman–Crippen LogP) is 1.36. The Morgan fingerprint density at radius 3 is 2.68 bits per heavy atom. The van der Waals surface area contributed by atoms with Crippen LogP contribution in [-0.2, 0) is 14.6 Å². The van der Waals surface area contributed by atoms with Crippen molar-refractivity contribution in [3.05, 3.63) is 23.2 Å². The van der Waals surface area contributed by atoms with Crippen molar-refractivity contribution in [2.24, 2.45) is 0 Å². The van der Waals surface area contributed by atoms with Gasteiger partial charge in [-0.2, -0.15) is 0 Å². The topological polar surface area (TPSA) is 89.3 Å². The molecule has 7 heteroatoms. The monoisotopic (exact) mass is 302 g/mol. The number of anilines is 1. The van der Waals surface area contributed by atoms with Gasteiger partial charge in [-0.3, -0.25) is 4.79 Å². The molecule has 2 rings (SSSR count). The number of carbonyl (C=O) groups excluding carboxylic acids is 1. The maximum Gasteiger partial charge on any atom is 0.221 e. The van der Waals surface area contributed by atoms with E-state index < -0.39 is 9.84 Å². The lowest BCUT2D eigenvalue weighted by atomic mass is 10.3. The fourth-order valence-electron chi connectivity index (χ4n) is 1.57. The van der Waals surface area contributed by atoms with Crippen molar-refractivity contribution in [1.29, 1.82) is 0 Å². The van der Waals surface area contributed by atoms with Crippen molar-refractivity contribution in [3.63, 3.8) is 0 Å². The lowest BCUT2D eigenvalue weighted by molar-refractivity contribution is -0.120. The van der Waals surface area contributed by atoms with Gasteiger partial charge in [-0.15, -0.1) is 0 Å². The summed E-state index contributed by atoms with van der Waals surface area (Å²) in [6.07, 6.45) is 1.92. The summed E-state index contributed by atoms with van der Waals surface area (Å²) in [5.41, 5.74) is 5.85. The Bertz CT molecular complexity index is 597. The number of nitrogen functional groups attached to an aromatic ring is 1. The minimum Gasteiger partial charge on any atom is -0.398 e. The third-order valence-electron chi connectivity index (χ3n) is 2.87. The van der Waals surface area contributed by atoms with Gasteiger partial charge in [-0.25, -0.2) is 8.42 Å². The summed E-state index contributed by atoms with van der Waals surface area (Å²) >= 11 is 5.79. The van der Waals surface area contributed by atoms with Crippen LogP contribution in [0.5, 0.6) is 0 Å². The van der Waals surface area contributed by atoms with Crippen molar-refractivity contribution in [1.82, 2.24) is 5.32 Å². The number of carbonyl (C=O) groups is 1. The van der Waals surface area contributed by atoms with Gasteiger partial charge in [-0.05, 0) is 31.0 Å². The van der Waals surface area contributed by atoms with Crippen LogP contribution in [0.25, 0.3) is 0 Å². The summed E-state index contributed by atoms with van der Waals surface area (Å²) < 4.78 is 24.0. The maximum absolute atomic E-state index is 12.0. The molecule has 1 amide bonds. The van der Waals surface area contributed by atoms with Gasteiger partial charge >= 0.3 is 0 Å². The number of hydrogen-bond donors (Lipinski definition) is 2. The van der Waals surface area contributed by atoms with E-state index in [0.717, 1.165) is 12.8 Å². The van der Waals surface area contributed by atoms with E-state index in [0.29, 0.717) is 5.69 Å². The first-order chi connectivity index (χ1) is 8.88. The molecule has 0 aliphatic heterocycles. The van der Waals surface area contributed by atoms with Crippen molar-refractivity contribution in [2.75, 3.05) is 11.5 Å². The van der Waals surface area contributed by atoms with Gasteiger partial charge in [0.25, 0.3) is 0 Å². The number of nitrogens with two attached hydrogens (primary N) is 1. The molecule has 1 aliphatic rings. The highest BCUT2D eigenvalue weighted by molar-refractivity contribution is 7.91. The molecule has 0 atom stereocenters. The molecule has 19 heavy (non-hydrogen) atoms. The minimum atomic E-state index is -3.51. The zero-order valence-electron chi connectivity index (χ0n) is 10.2. The Hall–Kier alpha value is -1.27. The average Bonchev–Trinajstić information content (AvgIpc) is 3.14. The maximum atomic E-state index is 12.0. The number of rotatable bonds is 5. The van der Waals surface area contributed by atoms with Gasteiger partial charge in [0, 0.05) is 12.5 Å². The van der Waals surface area contributed by atoms with E-state index in [1.165, 1.54) is 18.2 Å². The molecular formula is C12H15ClN2O3S. The first kappa shape index (κ1) is 14.1. The Morgan fingerprint density at radius 2 is 2.11 bits per heavy atom. The van der Waals surface area contributed by atoms with E-state index in [1.54, 1.807) is 0 Å². The number of halogens is 1. The smallest absolute Gasteiger partial charge is 0.221 e. The van der Waals surface area contributed by atoms with Gasteiger partial charge in [0.05, 0.1) is 21.4 Å². The number of sulfone groups is 1. The molecular weight excluding hydrogens is 288 g/mol. The predicted molar refractivity (Wildman–Crippen MR) is 73.7 cm³/mol. The molecule has 1 fully saturated rings. The molecule has 0 unspecified atom stereocenters. The third-order valence-corrected chi connectivity index (χ3v) is 4.91. The van der Waals surface area contributed by atoms with Crippen LogP contribution >= 0.6 is 11.6 Å². The summed E-state index contributed by atoms with van der Waals surface area (Å²) in [6.45, 7) is 0. The fourth-order valence-corrected chi connectivity index (χ4v) is 3.08.